The first kappa shape index (κ1) is 16.0. The van der Waals surface area contributed by atoms with Crippen molar-refractivity contribution in [1.82, 2.24) is 5.32 Å². The van der Waals surface area contributed by atoms with Gasteiger partial charge in [-0.3, -0.25) is 0 Å². The van der Waals surface area contributed by atoms with Crippen molar-refractivity contribution < 1.29 is 0 Å². The number of hydrogen-bond donors (Lipinski definition) is 1. The van der Waals surface area contributed by atoms with Crippen molar-refractivity contribution in [2.45, 2.75) is 79.2 Å². The lowest BCUT2D eigenvalue weighted by Crippen LogP contribution is -2.31. The minimum atomic E-state index is 0.749. The molecule has 1 heteroatoms. The van der Waals surface area contributed by atoms with Crippen molar-refractivity contribution in [2.24, 2.45) is 11.8 Å². The first-order chi connectivity index (χ1) is 7.60. The van der Waals surface area contributed by atoms with Crippen LogP contribution < -0.4 is 5.32 Å². The monoisotopic (exact) mass is 227 g/mol. The molecule has 0 aromatic carbocycles. The molecule has 0 saturated heterocycles. The molecule has 0 amide bonds. The molecular formula is C15H33N. The predicted molar refractivity (Wildman–Crippen MR) is 74.8 cm³/mol. The van der Waals surface area contributed by atoms with Gasteiger partial charge in [-0.25, -0.2) is 0 Å². The van der Waals surface area contributed by atoms with Crippen molar-refractivity contribution in [2.75, 3.05) is 6.54 Å². The third kappa shape index (κ3) is 9.21. The number of nitrogens with one attached hydrogen (secondary N) is 1. The third-order valence-corrected chi connectivity index (χ3v) is 3.23. The van der Waals surface area contributed by atoms with Crippen LogP contribution in [0.15, 0.2) is 0 Å². The first-order valence-corrected chi connectivity index (χ1v) is 7.33. The molecule has 0 aromatic heterocycles. The van der Waals surface area contributed by atoms with Crippen LogP contribution in [0.3, 0.4) is 0 Å². The van der Waals surface area contributed by atoms with Gasteiger partial charge in [-0.15, -0.1) is 0 Å². The smallest absolute Gasteiger partial charge is 0.00695 e. The second kappa shape index (κ2) is 10.1. The first-order valence-electron chi connectivity index (χ1n) is 7.33. The average Bonchev–Trinajstić information content (AvgIpc) is 2.22. The molecule has 0 bridgehead atoms. The van der Waals surface area contributed by atoms with Crippen LogP contribution in [0.1, 0.15) is 73.1 Å². The maximum Gasteiger partial charge on any atom is 0.00695 e. The highest BCUT2D eigenvalue weighted by Crippen LogP contribution is 2.17. The standard InChI is InChI=1S/C15H33N/c1-6-8-14(5)9-10-15(12-13(3)4)16-11-7-2/h13-16H,6-12H2,1-5H3. The van der Waals surface area contributed by atoms with E-state index in [2.05, 4.69) is 39.9 Å². The Morgan fingerprint density at radius 1 is 0.875 bits per heavy atom. The fourth-order valence-corrected chi connectivity index (χ4v) is 2.34. The van der Waals surface area contributed by atoms with E-state index < -0.39 is 0 Å². The zero-order chi connectivity index (χ0) is 12.4. The maximum atomic E-state index is 3.70. The van der Waals surface area contributed by atoms with E-state index in [4.69, 9.17) is 0 Å². The average molecular weight is 227 g/mol. The Labute approximate surface area is 103 Å². The normalized spacial score (nSPS) is 15.4. The molecular weight excluding hydrogens is 194 g/mol. The van der Waals surface area contributed by atoms with Gasteiger partial charge in [-0.1, -0.05) is 47.5 Å². The highest BCUT2D eigenvalue weighted by molar-refractivity contribution is 4.70. The van der Waals surface area contributed by atoms with Gasteiger partial charge in [0.2, 0.25) is 0 Å². The summed E-state index contributed by atoms with van der Waals surface area (Å²) in [5.74, 6) is 1.72. The lowest BCUT2D eigenvalue weighted by molar-refractivity contribution is 0.357. The summed E-state index contributed by atoms with van der Waals surface area (Å²) in [5, 5.41) is 3.70. The molecule has 0 spiro atoms. The third-order valence-electron chi connectivity index (χ3n) is 3.23. The summed E-state index contributed by atoms with van der Waals surface area (Å²) in [6.45, 7) is 12.8. The Hall–Kier alpha value is -0.0400. The van der Waals surface area contributed by atoms with Crippen molar-refractivity contribution in [3.63, 3.8) is 0 Å². The van der Waals surface area contributed by atoms with Crippen LogP contribution in [-0.4, -0.2) is 12.6 Å². The SMILES string of the molecule is CCCNC(CCC(C)CCC)CC(C)C. The molecule has 0 rings (SSSR count). The molecule has 0 aliphatic carbocycles. The van der Waals surface area contributed by atoms with E-state index in [0.717, 1.165) is 17.9 Å². The molecule has 1 nitrogen and oxygen atoms in total. The quantitative estimate of drug-likeness (QED) is 0.574. The van der Waals surface area contributed by atoms with Gasteiger partial charge >= 0.3 is 0 Å². The van der Waals surface area contributed by atoms with Gasteiger partial charge in [0.15, 0.2) is 0 Å². The molecule has 0 heterocycles. The summed E-state index contributed by atoms with van der Waals surface area (Å²) >= 11 is 0. The van der Waals surface area contributed by atoms with Crippen LogP contribution in [-0.2, 0) is 0 Å². The summed E-state index contributed by atoms with van der Waals surface area (Å²) < 4.78 is 0. The van der Waals surface area contributed by atoms with E-state index in [0.29, 0.717) is 0 Å². The van der Waals surface area contributed by atoms with Gasteiger partial charge in [-0.05, 0) is 44.1 Å². The summed E-state index contributed by atoms with van der Waals surface area (Å²) in [5.41, 5.74) is 0. The molecule has 0 aliphatic rings. The summed E-state index contributed by atoms with van der Waals surface area (Å²) in [7, 11) is 0. The Morgan fingerprint density at radius 2 is 1.56 bits per heavy atom. The Bertz CT molecular complexity index is 142. The fourth-order valence-electron chi connectivity index (χ4n) is 2.34. The molecule has 0 radical (unpaired) electrons. The largest absolute Gasteiger partial charge is 0.314 e. The van der Waals surface area contributed by atoms with E-state index in [1.807, 2.05) is 0 Å². The molecule has 0 fully saturated rings. The van der Waals surface area contributed by atoms with Crippen molar-refractivity contribution in [3.8, 4) is 0 Å². The van der Waals surface area contributed by atoms with Crippen LogP contribution in [0.5, 0.6) is 0 Å². The van der Waals surface area contributed by atoms with Gasteiger partial charge in [0, 0.05) is 6.04 Å². The second-order valence-electron chi connectivity index (χ2n) is 5.75. The van der Waals surface area contributed by atoms with Crippen molar-refractivity contribution in [1.29, 1.82) is 0 Å². The van der Waals surface area contributed by atoms with E-state index in [9.17, 15) is 0 Å². The van der Waals surface area contributed by atoms with Gasteiger partial charge < -0.3 is 5.32 Å². The molecule has 98 valence electrons. The van der Waals surface area contributed by atoms with Crippen LogP contribution in [0.4, 0.5) is 0 Å². The van der Waals surface area contributed by atoms with Crippen LogP contribution >= 0.6 is 0 Å². The van der Waals surface area contributed by atoms with E-state index in [1.165, 1.54) is 45.1 Å². The van der Waals surface area contributed by atoms with Crippen LogP contribution in [0, 0.1) is 11.8 Å². The summed E-state index contributed by atoms with van der Waals surface area (Å²) in [4.78, 5) is 0. The van der Waals surface area contributed by atoms with Crippen molar-refractivity contribution >= 4 is 0 Å². The zero-order valence-electron chi connectivity index (χ0n) is 12.2. The van der Waals surface area contributed by atoms with Crippen LogP contribution in [0.25, 0.3) is 0 Å². The van der Waals surface area contributed by atoms with Gasteiger partial charge in [0.05, 0.1) is 0 Å². The Balaban J connectivity index is 3.80. The van der Waals surface area contributed by atoms with Gasteiger partial charge in [0.25, 0.3) is 0 Å². The van der Waals surface area contributed by atoms with Crippen molar-refractivity contribution in [3.05, 3.63) is 0 Å². The fraction of sp³-hybridized carbons (Fsp3) is 1.00. The number of hydrogen-bond acceptors (Lipinski definition) is 1. The molecule has 0 saturated carbocycles. The lowest BCUT2D eigenvalue weighted by atomic mass is 9.93. The van der Waals surface area contributed by atoms with E-state index in [-0.39, 0.29) is 0 Å². The minimum Gasteiger partial charge on any atom is -0.314 e. The Kier molecular flexibility index (Phi) is 10.1. The zero-order valence-corrected chi connectivity index (χ0v) is 12.2. The highest BCUT2D eigenvalue weighted by atomic mass is 14.9. The summed E-state index contributed by atoms with van der Waals surface area (Å²) in [6.07, 6.45) is 8.06. The highest BCUT2D eigenvalue weighted by Gasteiger charge is 2.11. The van der Waals surface area contributed by atoms with Crippen LogP contribution in [0.2, 0.25) is 0 Å². The van der Waals surface area contributed by atoms with E-state index >= 15 is 0 Å². The van der Waals surface area contributed by atoms with Gasteiger partial charge in [-0.2, -0.15) is 0 Å². The Morgan fingerprint density at radius 3 is 2.06 bits per heavy atom. The molecule has 1 N–H and O–H groups in total. The molecule has 0 aliphatic heterocycles. The molecule has 0 aromatic rings. The topological polar surface area (TPSA) is 12.0 Å². The summed E-state index contributed by atoms with van der Waals surface area (Å²) in [6, 6.07) is 0.749. The van der Waals surface area contributed by atoms with E-state index in [1.54, 1.807) is 0 Å². The lowest BCUT2D eigenvalue weighted by Gasteiger charge is -2.22. The molecule has 16 heavy (non-hydrogen) atoms. The second-order valence-corrected chi connectivity index (χ2v) is 5.75. The minimum absolute atomic E-state index is 0.749. The molecule has 2 unspecified atom stereocenters. The van der Waals surface area contributed by atoms with Gasteiger partial charge in [0.1, 0.15) is 0 Å². The molecule has 2 atom stereocenters. The predicted octanol–water partition coefficient (Wildman–Crippen LogP) is 4.62. The maximum absolute atomic E-state index is 3.70. The number of rotatable bonds is 10.